The fourth-order valence-corrected chi connectivity index (χ4v) is 6.63. The second-order valence-corrected chi connectivity index (χ2v) is 14.2. The maximum absolute atomic E-state index is 14.3. The molecule has 0 saturated carbocycles. The quantitative estimate of drug-likeness (QED) is 0.334. The molecule has 2 heterocycles. The van der Waals surface area contributed by atoms with Crippen LogP contribution in [-0.2, 0) is 14.8 Å². The van der Waals surface area contributed by atoms with E-state index in [2.05, 4.69) is 10.3 Å². The molecule has 0 aliphatic carbocycles. The molecule has 0 spiro atoms. The number of ether oxygens (including phenoxy) is 3. The van der Waals surface area contributed by atoms with Crippen LogP contribution in [0, 0.1) is 5.92 Å². The zero-order chi connectivity index (χ0) is 34.8. The zero-order valence-electron chi connectivity index (χ0n) is 28.2. The van der Waals surface area contributed by atoms with Gasteiger partial charge in [-0.3, -0.25) is 14.6 Å². The Labute approximate surface area is 283 Å². The number of aliphatic hydroxyl groups excluding tert-OH is 1. The Morgan fingerprint density at radius 2 is 1.83 bits per heavy atom. The van der Waals surface area contributed by atoms with E-state index in [1.165, 1.54) is 43.0 Å². The fourth-order valence-electron chi connectivity index (χ4n) is 5.45. The average Bonchev–Trinajstić information content (AvgIpc) is 3.09. The minimum absolute atomic E-state index is 0.0480. The molecule has 4 rings (SSSR count). The lowest BCUT2D eigenvalue weighted by Gasteiger charge is -2.35. The van der Waals surface area contributed by atoms with Gasteiger partial charge in [-0.15, -0.1) is 0 Å². The number of likely N-dealkylation sites (N-methyl/N-ethyl adjacent to an activating group) is 1. The van der Waals surface area contributed by atoms with Gasteiger partial charge < -0.3 is 29.5 Å². The highest BCUT2D eigenvalue weighted by Gasteiger charge is 2.32. The lowest BCUT2D eigenvalue weighted by molar-refractivity contribution is -0.00834. The van der Waals surface area contributed by atoms with E-state index in [9.17, 15) is 23.1 Å². The van der Waals surface area contributed by atoms with Gasteiger partial charge in [-0.25, -0.2) is 8.42 Å². The van der Waals surface area contributed by atoms with Gasteiger partial charge in [0.2, 0.25) is 10.0 Å². The van der Waals surface area contributed by atoms with E-state index < -0.39 is 28.1 Å². The summed E-state index contributed by atoms with van der Waals surface area (Å²) in [6.45, 7) is 5.87. The van der Waals surface area contributed by atoms with Crippen molar-refractivity contribution >= 4 is 27.5 Å². The predicted molar refractivity (Wildman–Crippen MR) is 182 cm³/mol. The number of amides is 2. The van der Waals surface area contributed by atoms with Crippen molar-refractivity contribution in [1.82, 2.24) is 14.2 Å². The highest BCUT2D eigenvalue weighted by molar-refractivity contribution is 7.89. The molecule has 0 unspecified atom stereocenters. The summed E-state index contributed by atoms with van der Waals surface area (Å²) in [5, 5.41) is 13.1. The average molecular weight is 683 g/mol. The van der Waals surface area contributed by atoms with Crippen molar-refractivity contribution in [2.75, 3.05) is 45.8 Å². The summed E-state index contributed by atoms with van der Waals surface area (Å²) in [7, 11) is -0.827. The van der Waals surface area contributed by atoms with Gasteiger partial charge in [0, 0.05) is 56.3 Å². The van der Waals surface area contributed by atoms with Crippen molar-refractivity contribution in [2.24, 2.45) is 5.92 Å². The molecule has 0 fully saturated rings. The number of aliphatic hydroxyl groups is 1. The minimum Gasteiger partial charge on any atom is -0.497 e. The van der Waals surface area contributed by atoms with E-state index in [1.807, 2.05) is 13.8 Å². The number of fused-ring (bicyclic) bond motifs is 1. The first-order valence-electron chi connectivity index (χ1n) is 16.1. The van der Waals surface area contributed by atoms with Crippen molar-refractivity contribution in [3.05, 3.63) is 78.1 Å². The number of rotatable bonds is 9. The fraction of sp³-hybridized carbons (Fsp3) is 0.457. The number of nitrogens with zero attached hydrogens (tertiary/aromatic N) is 3. The van der Waals surface area contributed by atoms with Crippen molar-refractivity contribution in [3.63, 3.8) is 0 Å². The summed E-state index contributed by atoms with van der Waals surface area (Å²) in [5.41, 5.74) is 1.05. The standard InChI is InChI=1S/C35H46N4O8S/c1-24-21-39(25(2)23-40)35(42)31-20-28(37-34(41)27-15-17-36-18-16-27)9-14-32(31)47-26(3)8-6-7-19-46-33(24)22-38(4)48(43,44)30-12-10-29(45-5)11-13-30/h9-18,20,24-26,33,40H,6-8,19,21-23H2,1-5H3,(H,37,41)/t24-,25-,26+,33+/m0/s1. The maximum Gasteiger partial charge on any atom is 0.258 e. The number of sulfonamides is 1. The molecule has 260 valence electrons. The molecule has 13 heteroatoms. The monoisotopic (exact) mass is 682 g/mol. The number of benzene rings is 2. The van der Waals surface area contributed by atoms with E-state index in [-0.39, 0.29) is 48.1 Å². The van der Waals surface area contributed by atoms with Gasteiger partial charge >= 0.3 is 0 Å². The van der Waals surface area contributed by atoms with Crippen molar-refractivity contribution in [2.45, 2.75) is 63.2 Å². The zero-order valence-corrected chi connectivity index (χ0v) is 29.0. The summed E-state index contributed by atoms with van der Waals surface area (Å²) >= 11 is 0. The highest BCUT2D eigenvalue weighted by atomic mass is 32.2. The molecule has 2 aromatic carbocycles. The first-order chi connectivity index (χ1) is 22.9. The topological polar surface area (TPSA) is 148 Å². The van der Waals surface area contributed by atoms with Crippen LogP contribution in [0.2, 0.25) is 0 Å². The van der Waals surface area contributed by atoms with Crippen LogP contribution in [0.1, 0.15) is 60.7 Å². The van der Waals surface area contributed by atoms with Gasteiger partial charge in [-0.05, 0) is 87.7 Å². The summed E-state index contributed by atoms with van der Waals surface area (Å²) < 4.78 is 46.0. The molecule has 48 heavy (non-hydrogen) atoms. The second-order valence-electron chi connectivity index (χ2n) is 12.2. The number of aromatic nitrogens is 1. The van der Waals surface area contributed by atoms with Crippen LogP contribution in [0.25, 0.3) is 0 Å². The van der Waals surface area contributed by atoms with E-state index in [0.29, 0.717) is 35.8 Å². The Kier molecular flexibility index (Phi) is 12.9. The number of pyridine rings is 1. The van der Waals surface area contributed by atoms with Gasteiger partial charge in [0.1, 0.15) is 11.5 Å². The summed E-state index contributed by atoms with van der Waals surface area (Å²) in [4.78, 5) is 32.9. The second kappa shape index (κ2) is 16.9. The number of nitrogens with one attached hydrogen (secondary N) is 1. The van der Waals surface area contributed by atoms with E-state index in [0.717, 1.165) is 12.8 Å². The molecule has 0 bridgehead atoms. The van der Waals surface area contributed by atoms with Gasteiger partial charge in [0.05, 0.1) is 42.4 Å². The molecule has 1 aromatic heterocycles. The Bertz CT molecular complexity index is 1620. The Morgan fingerprint density at radius 1 is 1.12 bits per heavy atom. The Morgan fingerprint density at radius 3 is 2.50 bits per heavy atom. The van der Waals surface area contributed by atoms with Crippen LogP contribution in [-0.4, -0.2) is 98.2 Å². The molecule has 1 aliphatic rings. The molecule has 1 aliphatic heterocycles. The number of hydrogen-bond donors (Lipinski definition) is 2. The van der Waals surface area contributed by atoms with Gasteiger partial charge in [0.25, 0.3) is 11.8 Å². The number of hydrogen-bond acceptors (Lipinski definition) is 9. The lowest BCUT2D eigenvalue weighted by atomic mass is 10.0. The van der Waals surface area contributed by atoms with Crippen LogP contribution in [0.15, 0.2) is 71.9 Å². The van der Waals surface area contributed by atoms with Crippen LogP contribution in [0.3, 0.4) is 0 Å². The molecule has 4 atom stereocenters. The summed E-state index contributed by atoms with van der Waals surface area (Å²) in [6, 6.07) is 13.7. The molecule has 0 saturated heterocycles. The predicted octanol–water partition coefficient (Wildman–Crippen LogP) is 4.46. The van der Waals surface area contributed by atoms with E-state index in [4.69, 9.17) is 14.2 Å². The molecule has 0 radical (unpaired) electrons. The molecule has 2 amide bonds. The van der Waals surface area contributed by atoms with Gasteiger partial charge in [0.15, 0.2) is 0 Å². The Hall–Kier alpha value is -4.04. The van der Waals surface area contributed by atoms with Crippen molar-refractivity contribution in [1.29, 1.82) is 0 Å². The largest absolute Gasteiger partial charge is 0.497 e. The minimum atomic E-state index is -3.85. The first-order valence-corrected chi connectivity index (χ1v) is 17.5. The van der Waals surface area contributed by atoms with Crippen LogP contribution in [0.4, 0.5) is 5.69 Å². The third-order valence-corrected chi connectivity index (χ3v) is 10.3. The maximum atomic E-state index is 14.3. The van der Waals surface area contributed by atoms with E-state index >= 15 is 0 Å². The normalized spacial score (nSPS) is 20.3. The van der Waals surface area contributed by atoms with E-state index in [1.54, 1.807) is 54.3 Å². The SMILES string of the molecule is COc1ccc(S(=O)(=O)N(C)C[C@H]2OCCCC[C@@H](C)Oc3ccc(NC(=O)c4ccncc4)cc3C(=O)N([C@@H](C)CO)C[C@@H]2C)cc1. The van der Waals surface area contributed by atoms with Crippen molar-refractivity contribution in [3.8, 4) is 11.5 Å². The van der Waals surface area contributed by atoms with Crippen LogP contribution in [0.5, 0.6) is 11.5 Å². The number of carbonyl (C=O) groups excluding carboxylic acids is 2. The van der Waals surface area contributed by atoms with Crippen LogP contribution >= 0.6 is 0 Å². The smallest absolute Gasteiger partial charge is 0.258 e. The molecular weight excluding hydrogens is 636 g/mol. The van der Waals surface area contributed by atoms with Gasteiger partial charge in [-0.1, -0.05) is 6.92 Å². The Balaban J connectivity index is 1.64. The third-order valence-electron chi connectivity index (χ3n) is 8.46. The molecule has 3 aromatic rings. The molecule has 12 nitrogen and oxygen atoms in total. The van der Waals surface area contributed by atoms with Gasteiger partial charge in [-0.2, -0.15) is 4.31 Å². The summed E-state index contributed by atoms with van der Waals surface area (Å²) in [5.74, 6) is -0.180. The first kappa shape index (κ1) is 36.8. The lowest BCUT2D eigenvalue weighted by Crippen LogP contribution is -2.48. The van der Waals surface area contributed by atoms with Crippen molar-refractivity contribution < 1.29 is 37.3 Å². The highest BCUT2D eigenvalue weighted by Crippen LogP contribution is 2.29. The number of anilines is 1. The van der Waals surface area contributed by atoms with Crippen LogP contribution < -0.4 is 14.8 Å². The number of carbonyl (C=O) groups is 2. The third kappa shape index (κ3) is 9.31. The summed E-state index contributed by atoms with van der Waals surface area (Å²) in [6.07, 6.45) is 4.47. The molecular formula is C35H46N4O8S. The molecule has 2 N–H and O–H groups in total. The number of methoxy groups -OCH3 is 1.